The molecule has 2 atom stereocenters. The normalized spacial score (nSPS) is 18.9. The monoisotopic (exact) mass is 184 g/mol. The van der Waals surface area contributed by atoms with Crippen molar-refractivity contribution < 1.29 is 5.11 Å². The van der Waals surface area contributed by atoms with Gasteiger partial charge in [-0.05, 0) is 6.92 Å². The molecule has 1 nitrogen and oxygen atoms in total. The lowest BCUT2D eigenvalue weighted by Crippen LogP contribution is -2.17. The van der Waals surface area contributed by atoms with Crippen LogP contribution in [0.2, 0.25) is 0 Å². The van der Waals surface area contributed by atoms with E-state index < -0.39 is 0 Å². The zero-order valence-corrected chi connectivity index (χ0v) is 6.61. The largest absolute Gasteiger partial charge is 0.392 e. The topological polar surface area (TPSA) is 20.2 Å². The van der Waals surface area contributed by atoms with Crippen LogP contribution >= 0.6 is 28.6 Å². The Morgan fingerprint density at radius 3 is 2.29 bits per heavy atom. The molecule has 0 amide bonds. The molecule has 0 aromatic rings. The minimum absolute atomic E-state index is 0.0694. The van der Waals surface area contributed by atoms with Gasteiger partial charge in [0.1, 0.15) is 0 Å². The van der Waals surface area contributed by atoms with E-state index in [9.17, 15) is 0 Å². The maximum atomic E-state index is 8.71. The fourth-order valence-electron chi connectivity index (χ4n) is 0.129. The lowest BCUT2D eigenvalue weighted by molar-refractivity contribution is 0.198. The summed E-state index contributed by atoms with van der Waals surface area (Å²) >= 11 is 7.21. The van der Waals surface area contributed by atoms with Crippen LogP contribution in [0.4, 0.5) is 0 Å². The Morgan fingerprint density at radius 2 is 2.29 bits per heavy atom. The number of thiol groups is 1. The molecule has 0 saturated heterocycles. The van der Waals surface area contributed by atoms with E-state index in [1.165, 1.54) is 0 Å². The van der Waals surface area contributed by atoms with Gasteiger partial charge < -0.3 is 5.11 Å². The Hall–Kier alpha value is 0.790. The van der Waals surface area contributed by atoms with E-state index in [1.807, 2.05) is 0 Å². The summed E-state index contributed by atoms with van der Waals surface area (Å²) in [5, 5.41) is 9.53. The lowest BCUT2D eigenvalue weighted by atomic mass is 10.3. The highest BCUT2D eigenvalue weighted by molar-refractivity contribution is 9.09. The molecule has 0 saturated carbocycles. The van der Waals surface area contributed by atoms with Gasteiger partial charge in [-0.25, -0.2) is 0 Å². The van der Waals surface area contributed by atoms with Gasteiger partial charge in [0.05, 0.1) is 6.10 Å². The second-order valence-electron chi connectivity index (χ2n) is 1.46. The summed E-state index contributed by atoms with van der Waals surface area (Å²) < 4.78 is 0. The maximum Gasteiger partial charge on any atom is 0.0636 e. The number of hydrogen-bond acceptors (Lipinski definition) is 2. The molecule has 44 valence electrons. The molecule has 0 aromatic heterocycles. The first kappa shape index (κ1) is 7.79. The van der Waals surface area contributed by atoms with Crippen molar-refractivity contribution in [2.24, 2.45) is 0 Å². The number of halogens is 1. The van der Waals surface area contributed by atoms with E-state index in [2.05, 4.69) is 28.6 Å². The highest BCUT2D eigenvalue weighted by atomic mass is 79.9. The average molecular weight is 185 g/mol. The van der Waals surface area contributed by atoms with Crippen LogP contribution in [0.1, 0.15) is 6.92 Å². The molecule has 0 aromatic carbocycles. The van der Waals surface area contributed by atoms with Crippen molar-refractivity contribution >= 4 is 28.6 Å². The molecule has 1 N–H and O–H groups in total. The van der Waals surface area contributed by atoms with Crippen LogP contribution in [0, 0.1) is 0 Å². The zero-order valence-electron chi connectivity index (χ0n) is 4.13. The second kappa shape index (κ2) is 3.75. The van der Waals surface area contributed by atoms with Gasteiger partial charge >= 0.3 is 0 Å². The molecule has 2 unspecified atom stereocenters. The highest BCUT2D eigenvalue weighted by Gasteiger charge is 2.05. The van der Waals surface area contributed by atoms with Crippen LogP contribution in [0.3, 0.4) is 0 Å². The molecule has 0 fully saturated rings. The molecule has 0 heterocycles. The first-order valence-corrected chi connectivity index (χ1v) is 3.74. The van der Waals surface area contributed by atoms with E-state index in [0.29, 0.717) is 0 Å². The van der Waals surface area contributed by atoms with Crippen molar-refractivity contribution in [1.29, 1.82) is 0 Å². The number of aliphatic hydroxyl groups excluding tert-OH is 1. The average Bonchev–Trinajstić information content (AvgIpc) is 1.65. The Balaban J connectivity index is 3.14. The molecule has 0 rings (SSSR count). The van der Waals surface area contributed by atoms with Gasteiger partial charge in [0.2, 0.25) is 0 Å². The third kappa shape index (κ3) is 3.38. The van der Waals surface area contributed by atoms with Crippen molar-refractivity contribution in [3.63, 3.8) is 0 Å². The molecular formula is C4H9BrOS. The summed E-state index contributed by atoms with van der Waals surface area (Å²) in [6.07, 6.45) is -0.317. The predicted molar refractivity (Wildman–Crippen MR) is 38.2 cm³/mol. The minimum Gasteiger partial charge on any atom is -0.392 e. The Kier molecular flexibility index (Phi) is 4.17. The van der Waals surface area contributed by atoms with Gasteiger partial charge in [-0.1, -0.05) is 15.9 Å². The molecule has 0 aliphatic heterocycles. The summed E-state index contributed by atoms with van der Waals surface area (Å²) in [5.41, 5.74) is 0. The Bertz CT molecular complexity index is 49.0. The van der Waals surface area contributed by atoms with Crippen molar-refractivity contribution in [2.45, 2.75) is 18.3 Å². The van der Waals surface area contributed by atoms with E-state index in [4.69, 9.17) is 5.11 Å². The number of rotatable bonds is 2. The Morgan fingerprint density at radius 1 is 1.86 bits per heavy atom. The summed E-state index contributed by atoms with van der Waals surface area (Å²) in [6.45, 7) is 1.72. The Labute approximate surface area is 57.7 Å². The van der Waals surface area contributed by atoms with Crippen LogP contribution in [-0.2, 0) is 0 Å². The van der Waals surface area contributed by atoms with E-state index >= 15 is 0 Å². The third-order valence-corrected chi connectivity index (χ3v) is 2.53. The fraction of sp³-hybridized carbons (Fsp3) is 1.00. The summed E-state index contributed by atoms with van der Waals surface area (Å²) in [4.78, 5) is 0. The standard InChI is InChI=1S/C4H9BrOS/c1-3(6)4(7)2-5/h3-4,6-7H,2H2,1H3. The van der Waals surface area contributed by atoms with Crippen LogP contribution in [0.15, 0.2) is 0 Å². The van der Waals surface area contributed by atoms with Crippen LogP contribution in [0.25, 0.3) is 0 Å². The smallest absolute Gasteiger partial charge is 0.0636 e. The summed E-state index contributed by atoms with van der Waals surface area (Å²) in [6, 6.07) is 0. The van der Waals surface area contributed by atoms with Crippen molar-refractivity contribution in [2.75, 3.05) is 5.33 Å². The number of hydrogen-bond donors (Lipinski definition) is 2. The summed E-state index contributed by atoms with van der Waals surface area (Å²) in [7, 11) is 0. The van der Waals surface area contributed by atoms with Gasteiger partial charge in [0.25, 0.3) is 0 Å². The quantitative estimate of drug-likeness (QED) is 0.486. The number of aliphatic hydroxyl groups is 1. The van der Waals surface area contributed by atoms with E-state index in [-0.39, 0.29) is 11.4 Å². The number of alkyl halides is 1. The fourth-order valence-corrected chi connectivity index (χ4v) is 0.670. The lowest BCUT2D eigenvalue weighted by Gasteiger charge is -2.07. The second-order valence-corrected chi connectivity index (χ2v) is 2.77. The molecule has 0 radical (unpaired) electrons. The first-order chi connectivity index (χ1) is 3.18. The molecule has 0 aliphatic rings. The third-order valence-electron chi connectivity index (χ3n) is 0.715. The molecular weight excluding hydrogens is 176 g/mol. The van der Waals surface area contributed by atoms with Gasteiger partial charge in [-0.15, -0.1) is 0 Å². The maximum absolute atomic E-state index is 8.71. The van der Waals surface area contributed by atoms with Gasteiger partial charge in [0.15, 0.2) is 0 Å². The molecule has 3 heteroatoms. The van der Waals surface area contributed by atoms with Gasteiger partial charge in [-0.3, -0.25) is 0 Å². The van der Waals surface area contributed by atoms with E-state index in [0.717, 1.165) is 5.33 Å². The molecule has 7 heavy (non-hydrogen) atoms. The van der Waals surface area contributed by atoms with Crippen LogP contribution in [-0.4, -0.2) is 21.8 Å². The SMILES string of the molecule is CC(O)C(S)CBr. The minimum atomic E-state index is -0.317. The van der Waals surface area contributed by atoms with E-state index in [1.54, 1.807) is 6.92 Å². The van der Waals surface area contributed by atoms with Crippen molar-refractivity contribution in [3.05, 3.63) is 0 Å². The first-order valence-electron chi connectivity index (χ1n) is 2.10. The van der Waals surface area contributed by atoms with Crippen LogP contribution in [0.5, 0.6) is 0 Å². The zero-order chi connectivity index (χ0) is 5.86. The molecule has 0 aliphatic carbocycles. The van der Waals surface area contributed by atoms with Gasteiger partial charge in [0, 0.05) is 10.6 Å². The molecule has 0 bridgehead atoms. The highest BCUT2D eigenvalue weighted by Crippen LogP contribution is 2.03. The van der Waals surface area contributed by atoms with Gasteiger partial charge in [-0.2, -0.15) is 12.6 Å². The molecule has 0 spiro atoms. The predicted octanol–water partition coefficient (Wildman–Crippen LogP) is 1.06. The van der Waals surface area contributed by atoms with Crippen LogP contribution < -0.4 is 0 Å². The van der Waals surface area contributed by atoms with Crippen molar-refractivity contribution in [1.82, 2.24) is 0 Å². The summed E-state index contributed by atoms with van der Waals surface area (Å²) in [5.74, 6) is 0. The van der Waals surface area contributed by atoms with Crippen molar-refractivity contribution in [3.8, 4) is 0 Å².